The summed E-state index contributed by atoms with van der Waals surface area (Å²) in [6.07, 6.45) is 2.89. The first kappa shape index (κ1) is 29.7. The number of rotatable bonds is 8. The molecule has 0 bridgehead atoms. The monoisotopic (exact) mass is 600 g/mol. The van der Waals surface area contributed by atoms with Gasteiger partial charge in [0, 0.05) is 16.0 Å². The SMILES string of the molecule is COc1ccc(-c2nc(SC(C)C(=O)Nc3sc4c(c3C#N)CCC(C(C)(C)C)C4)[nH]c2-c2ccc(OC)cc2)cc1. The van der Waals surface area contributed by atoms with Gasteiger partial charge >= 0.3 is 0 Å². The second-order valence-electron chi connectivity index (χ2n) is 11.6. The van der Waals surface area contributed by atoms with Crippen molar-refractivity contribution < 1.29 is 14.3 Å². The van der Waals surface area contributed by atoms with Crippen molar-refractivity contribution in [3.8, 4) is 40.1 Å². The normalized spacial score (nSPS) is 15.4. The lowest BCUT2D eigenvalue weighted by molar-refractivity contribution is -0.115. The maximum Gasteiger partial charge on any atom is 0.238 e. The van der Waals surface area contributed by atoms with E-state index in [0.717, 1.165) is 58.8 Å². The van der Waals surface area contributed by atoms with Gasteiger partial charge in [-0.15, -0.1) is 11.3 Å². The number of nitrogens with one attached hydrogen (secondary N) is 2. The van der Waals surface area contributed by atoms with Crippen molar-refractivity contribution in [1.29, 1.82) is 5.26 Å². The minimum absolute atomic E-state index is 0.157. The molecule has 5 rings (SSSR count). The number of hydrogen-bond donors (Lipinski definition) is 2. The summed E-state index contributed by atoms with van der Waals surface area (Å²) in [6.45, 7) is 8.69. The number of nitriles is 1. The minimum Gasteiger partial charge on any atom is -0.497 e. The zero-order valence-electron chi connectivity index (χ0n) is 24.8. The molecule has 2 aromatic carbocycles. The lowest BCUT2D eigenvalue weighted by Crippen LogP contribution is -2.26. The quantitative estimate of drug-likeness (QED) is 0.199. The number of aromatic nitrogens is 2. The van der Waals surface area contributed by atoms with Gasteiger partial charge in [0.15, 0.2) is 5.16 Å². The largest absolute Gasteiger partial charge is 0.497 e. The zero-order valence-corrected chi connectivity index (χ0v) is 26.5. The van der Waals surface area contributed by atoms with Crippen molar-refractivity contribution in [3.05, 3.63) is 64.5 Å². The molecule has 0 aliphatic heterocycles. The number of thiophene rings is 1. The number of aromatic amines is 1. The van der Waals surface area contributed by atoms with Crippen molar-refractivity contribution in [2.24, 2.45) is 11.3 Å². The van der Waals surface area contributed by atoms with Crippen LogP contribution in [0.2, 0.25) is 0 Å². The summed E-state index contributed by atoms with van der Waals surface area (Å²) in [5.41, 5.74) is 5.45. The average Bonchev–Trinajstić information content (AvgIpc) is 3.57. The van der Waals surface area contributed by atoms with Gasteiger partial charge in [-0.2, -0.15) is 5.26 Å². The molecule has 1 aliphatic carbocycles. The number of anilines is 1. The van der Waals surface area contributed by atoms with Crippen LogP contribution in [0.25, 0.3) is 22.5 Å². The Labute approximate surface area is 255 Å². The maximum atomic E-state index is 13.4. The molecule has 7 nitrogen and oxygen atoms in total. The van der Waals surface area contributed by atoms with Crippen LogP contribution in [-0.2, 0) is 17.6 Å². The number of carbonyl (C=O) groups excluding carboxylic acids is 1. The highest BCUT2D eigenvalue weighted by atomic mass is 32.2. The lowest BCUT2D eigenvalue weighted by atomic mass is 9.72. The van der Waals surface area contributed by atoms with Gasteiger partial charge in [0.2, 0.25) is 5.91 Å². The number of amides is 1. The van der Waals surface area contributed by atoms with Crippen LogP contribution in [0, 0.1) is 22.7 Å². The molecule has 0 saturated heterocycles. The Morgan fingerprint density at radius 3 is 2.29 bits per heavy atom. The van der Waals surface area contributed by atoms with E-state index in [-0.39, 0.29) is 11.3 Å². The van der Waals surface area contributed by atoms with E-state index in [9.17, 15) is 10.1 Å². The molecule has 2 N–H and O–H groups in total. The number of H-pyrrole nitrogens is 1. The van der Waals surface area contributed by atoms with Gasteiger partial charge in [-0.1, -0.05) is 32.5 Å². The zero-order chi connectivity index (χ0) is 30.0. The molecule has 2 unspecified atom stereocenters. The molecule has 9 heteroatoms. The van der Waals surface area contributed by atoms with E-state index in [2.05, 4.69) is 37.1 Å². The third-order valence-corrected chi connectivity index (χ3v) is 10.1. The first-order chi connectivity index (χ1) is 20.1. The third kappa shape index (κ3) is 6.20. The van der Waals surface area contributed by atoms with Gasteiger partial charge in [-0.05, 0) is 91.6 Å². The van der Waals surface area contributed by atoms with Crippen molar-refractivity contribution in [1.82, 2.24) is 9.97 Å². The molecule has 2 heterocycles. The van der Waals surface area contributed by atoms with E-state index in [1.807, 2.05) is 55.5 Å². The van der Waals surface area contributed by atoms with E-state index in [1.54, 1.807) is 25.6 Å². The summed E-state index contributed by atoms with van der Waals surface area (Å²) in [4.78, 5) is 23.0. The molecule has 1 aliphatic rings. The molecule has 42 heavy (non-hydrogen) atoms. The van der Waals surface area contributed by atoms with Crippen LogP contribution in [0.1, 0.15) is 50.1 Å². The predicted molar refractivity (Wildman–Crippen MR) is 171 cm³/mol. The van der Waals surface area contributed by atoms with Crippen LogP contribution in [-0.4, -0.2) is 35.3 Å². The number of fused-ring (bicyclic) bond motifs is 1. The smallest absolute Gasteiger partial charge is 0.238 e. The number of nitrogens with zero attached hydrogens (tertiary/aromatic N) is 2. The summed E-state index contributed by atoms with van der Waals surface area (Å²) in [5, 5.41) is 13.9. The Hall–Kier alpha value is -3.74. The van der Waals surface area contributed by atoms with E-state index >= 15 is 0 Å². The second-order valence-corrected chi connectivity index (χ2v) is 14.0. The molecule has 218 valence electrons. The second kappa shape index (κ2) is 12.2. The fraction of sp³-hybridized carbons (Fsp3) is 0.364. The summed E-state index contributed by atoms with van der Waals surface area (Å²) < 4.78 is 10.7. The average molecular weight is 601 g/mol. The predicted octanol–water partition coefficient (Wildman–Crippen LogP) is 7.96. The summed E-state index contributed by atoms with van der Waals surface area (Å²) >= 11 is 2.91. The van der Waals surface area contributed by atoms with Gasteiger partial charge in [0.1, 0.15) is 22.6 Å². The van der Waals surface area contributed by atoms with Crippen LogP contribution >= 0.6 is 23.1 Å². The van der Waals surface area contributed by atoms with Crippen LogP contribution in [0.5, 0.6) is 11.5 Å². The summed E-state index contributed by atoms with van der Waals surface area (Å²) in [6, 6.07) is 17.9. The van der Waals surface area contributed by atoms with Gasteiger partial charge in [-0.3, -0.25) is 4.79 Å². The fourth-order valence-electron chi connectivity index (χ4n) is 5.30. The maximum absolute atomic E-state index is 13.4. The van der Waals surface area contributed by atoms with E-state index in [0.29, 0.717) is 21.6 Å². The van der Waals surface area contributed by atoms with Crippen molar-refractivity contribution >= 4 is 34.0 Å². The number of ether oxygens (including phenoxy) is 2. The van der Waals surface area contributed by atoms with Gasteiger partial charge in [0.05, 0.1) is 36.4 Å². The highest BCUT2D eigenvalue weighted by Crippen LogP contribution is 2.44. The summed E-state index contributed by atoms with van der Waals surface area (Å²) in [7, 11) is 3.28. The fourth-order valence-corrected chi connectivity index (χ4v) is 7.38. The highest BCUT2D eigenvalue weighted by molar-refractivity contribution is 8.00. The van der Waals surface area contributed by atoms with Crippen LogP contribution in [0.15, 0.2) is 53.7 Å². The Balaban J connectivity index is 1.38. The summed E-state index contributed by atoms with van der Waals surface area (Å²) in [5.74, 6) is 1.94. The number of imidazole rings is 1. The van der Waals surface area contributed by atoms with E-state index < -0.39 is 5.25 Å². The van der Waals surface area contributed by atoms with Gasteiger partial charge in [-0.25, -0.2) is 4.98 Å². The molecule has 0 radical (unpaired) electrons. The highest BCUT2D eigenvalue weighted by Gasteiger charge is 2.33. The lowest BCUT2D eigenvalue weighted by Gasteiger charge is -2.33. The minimum atomic E-state index is -0.448. The molecule has 2 atom stereocenters. The first-order valence-electron chi connectivity index (χ1n) is 14.0. The number of hydrogen-bond acceptors (Lipinski definition) is 7. The Bertz CT molecular complexity index is 1540. The van der Waals surface area contributed by atoms with Crippen molar-refractivity contribution in [3.63, 3.8) is 0 Å². The third-order valence-electron chi connectivity index (χ3n) is 7.92. The number of methoxy groups -OCH3 is 2. The molecule has 4 aromatic rings. The standard InChI is InChI=1S/C33H36N4O3S2/c1-19(30(38)37-31-26(18-34)25-16-11-22(33(2,3)4)17-27(25)42-31)41-32-35-28(20-7-12-23(39-5)13-8-20)29(36-32)21-9-14-24(40-6)15-10-21/h7-10,12-15,19,22H,11,16-17H2,1-6H3,(H,35,36)(H,37,38). The molecule has 0 fully saturated rings. The van der Waals surface area contributed by atoms with Crippen LogP contribution in [0.3, 0.4) is 0 Å². The molecular formula is C33H36N4O3S2. The Morgan fingerprint density at radius 2 is 1.71 bits per heavy atom. The molecule has 1 amide bonds. The van der Waals surface area contributed by atoms with E-state index in [4.69, 9.17) is 14.5 Å². The molecular weight excluding hydrogens is 565 g/mol. The Kier molecular flexibility index (Phi) is 8.67. The first-order valence-corrected chi connectivity index (χ1v) is 15.7. The van der Waals surface area contributed by atoms with Crippen molar-refractivity contribution in [2.75, 3.05) is 19.5 Å². The molecule has 0 saturated carbocycles. The number of benzene rings is 2. The van der Waals surface area contributed by atoms with E-state index in [1.165, 1.54) is 16.6 Å². The van der Waals surface area contributed by atoms with Gasteiger partial charge < -0.3 is 19.8 Å². The number of carbonyl (C=O) groups is 1. The Morgan fingerprint density at radius 1 is 1.10 bits per heavy atom. The number of thioether (sulfide) groups is 1. The van der Waals surface area contributed by atoms with Crippen LogP contribution < -0.4 is 14.8 Å². The van der Waals surface area contributed by atoms with Crippen molar-refractivity contribution in [2.45, 2.75) is 57.4 Å². The van der Waals surface area contributed by atoms with Crippen LogP contribution in [0.4, 0.5) is 5.00 Å². The van der Waals surface area contributed by atoms with Gasteiger partial charge in [0.25, 0.3) is 0 Å². The molecule has 2 aromatic heterocycles. The molecule has 0 spiro atoms. The topological polar surface area (TPSA) is 100 Å².